The van der Waals surface area contributed by atoms with Gasteiger partial charge in [-0.15, -0.1) is 0 Å². The van der Waals surface area contributed by atoms with Crippen LogP contribution in [0, 0.1) is 34.6 Å². The quantitative estimate of drug-likeness (QED) is 0.0364. The number of nitrogens with one attached hydrogen (secondary N) is 2. The molecule has 0 aromatic heterocycles. The normalized spacial score (nSPS) is 17.6. The van der Waals surface area contributed by atoms with E-state index in [2.05, 4.69) is 178 Å². The smallest absolute Gasteiger partial charge is 0.321 e. The molecule has 1 aliphatic carbocycles. The summed E-state index contributed by atoms with van der Waals surface area (Å²) in [5, 5.41) is 30.5. The van der Waals surface area contributed by atoms with Crippen LogP contribution in [0.15, 0.2) is 350 Å². The van der Waals surface area contributed by atoms with Crippen LogP contribution in [-0.4, -0.2) is 171 Å². The van der Waals surface area contributed by atoms with Crippen LogP contribution in [0.2, 0.25) is 45.2 Å². The second kappa shape index (κ2) is 52.6. The topological polar surface area (TPSA) is 162 Å². The van der Waals surface area contributed by atoms with E-state index in [0.29, 0.717) is 85.8 Å². The Morgan fingerprint density at radius 2 is 0.591 bits per heavy atom. The Hall–Kier alpha value is -12.8. The van der Waals surface area contributed by atoms with Crippen molar-refractivity contribution in [2.75, 3.05) is 135 Å². The Balaban J connectivity index is 0.000000133. The van der Waals surface area contributed by atoms with Gasteiger partial charge in [-0.1, -0.05) is 334 Å². The molecule has 6 aliphatic rings. The van der Waals surface area contributed by atoms with Crippen molar-refractivity contribution in [1.29, 1.82) is 0 Å². The molecule has 14 aromatic carbocycles. The average Bonchev–Trinajstić information content (AvgIpc) is 0.792. The number of amides is 5. The van der Waals surface area contributed by atoms with Crippen LogP contribution in [-0.2, 0) is 4.84 Å². The van der Waals surface area contributed by atoms with Crippen LogP contribution in [0.25, 0.3) is 0 Å². The first kappa shape index (κ1) is 109. The molecule has 0 spiro atoms. The fraction of sp³-hybridized carbons (Fsp3) is 0.264. The van der Waals surface area contributed by atoms with Gasteiger partial charge in [-0.25, -0.2) is 9.59 Å². The van der Waals surface area contributed by atoms with E-state index in [1.807, 2.05) is 266 Å². The SMILES string of the molecule is CON=C(c1ccccc1)N1CCN(c2ccc(C)cc2Cl)C(c2ccc(Cl)cc2)C1.Cc1ccc(N2CCN(C(=NO)c3ccccc3)CC2c2ccc(Cl)cc2)c(Cl)c1.Cc1ccc(N2CCN(C(=O)NC3CCCCC3)CC2c2ccc(Cl)cc2)c(Cl)c1.Cc1ccc(N2CCN(C(=O)Nc3ccccc3)CC2c2ccc(Cl)cc2)c(Cl)c1.Cc1ccc(N2CCN(C(=O)c3ccccc3)CC2c2ccc(Cl)cc2)cc1. The molecule has 5 heterocycles. The number of anilines is 6. The monoisotopic (exact) mass is 2170 g/mol. The van der Waals surface area contributed by atoms with Crippen molar-refractivity contribution in [3.8, 4) is 0 Å². The highest BCUT2D eigenvalue weighted by Gasteiger charge is 2.39. The highest BCUT2D eigenvalue weighted by molar-refractivity contribution is 6.35. The molecular weight excluding hydrogens is 2050 g/mol. The van der Waals surface area contributed by atoms with Crippen molar-refractivity contribution in [3.05, 3.63) is 457 Å². The van der Waals surface area contributed by atoms with Gasteiger partial charge in [0, 0.05) is 157 Å². The second-order valence-corrected chi connectivity index (χ2v) is 42.0. The third kappa shape index (κ3) is 28.7. The Morgan fingerprint density at radius 3 is 0.940 bits per heavy atom. The minimum atomic E-state index is -0.102. The van der Waals surface area contributed by atoms with Gasteiger partial charge in [0.15, 0.2) is 11.7 Å². The molecule has 5 atom stereocenters. The van der Waals surface area contributed by atoms with Crippen LogP contribution in [0.4, 0.5) is 43.7 Å². The number of para-hydroxylation sites is 1. The van der Waals surface area contributed by atoms with Gasteiger partial charge in [0.1, 0.15) is 7.11 Å². The standard InChI is InChI=1S/C25H25Cl2N3O.C24H29Cl2N3O.2C24H23Cl2N3O.C24H23ClN2O/c1-18-8-13-23(22(27)16-18)30-15-14-29(17-24(30)19-9-11-21(26)12-10-19)25(28-31-2)20-6-4-3-5-7-20;2*1-17-7-12-22(21(26)15-17)29-14-13-28(24(30)27-20-5-3-2-4-6-20)16-23(29)18-8-10-19(25)11-9-18;1-17-7-12-22(21(26)15-17)29-14-13-28(24(27-30)19-5-3-2-4-6-19)16-23(29)18-8-10-20(25)11-9-18;1-18-7-13-22(14-8-18)27-16-15-26(24(28)20-5-3-2-4-6-20)17-23(27)19-9-11-21(25)12-10-19/h3-13,16,24H,14-15,17H2,1-2H3;7-12,15,20,23H,2-6,13-14,16H2,1H3,(H,27,30);2-12,15,23H,13-14,16H2,1H3,(H,27,30);2-12,15,23,30H,13-14,16H2,1H3;2-14,23H,15-17H2,1H3. The summed E-state index contributed by atoms with van der Waals surface area (Å²) in [6, 6.07) is 112. The third-order valence-electron chi connectivity index (χ3n) is 28.0. The number of hydrogen-bond donors (Lipinski definition) is 3. The number of halogens is 9. The first-order valence-corrected chi connectivity index (χ1v) is 53.8. The number of urea groups is 2. The highest BCUT2D eigenvalue weighted by Crippen LogP contribution is 2.44. The van der Waals surface area contributed by atoms with Crippen LogP contribution < -0.4 is 35.1 Å². The van der Waals surface area contributed by atoms with E-state index in [-0.39, 0.29) is 48.2 Å². The summed E-state index contributed by atoms with van der Waals surface area (Å²) in [7, 11) is 1.59. The van der Waals surface area contributed by atoms with Crippen molar-refractivity contribution in [3.63, 3.8) is 0 Å². The zero-order valence-electron chi connectivity index (χ0n) is 84.3. The molecule has 5 amide bonds. The minimum absolute atomic E-state index is 0.0216. The van der Waals surface area contributed by atoms with Crippen LogP contribution >= 0.6 is 104 Å². The number of benzene rings is 14. The van der Waals surface area contributed by atoms with E-state index in [4.69, 9.17) is 109 Å². The molecule has 20 rings (SSSR count). The summed E-state index contributed by atoms with van der Waals surface area (Å²) < 4.78 is 0. The molecule has 5 unspecified atom stereocenters. The summed E-state index contributed by atoms with van der Waals surface area (Å²) >= 11 is 57.1. The Labute approximate surface area is 920 Å². The van der Waals surface area contributed by atoms with Gasteiger partial charge in [-0.05, 0) is 243 Å². The van der Waals surface area contributed by atoms with E-state index in [1.54, 1.807) is 7.11 Å². The van der Waals surface area contributed by atoms with Crippen LogP contribution in [0.5, 0.6) is 0 Å². The van der Waals surface area contributed by atoms with Gasteiger partial charge >= 0.3 is 12.1 Å². The molecule has 149 heavy (non-hydrogen) atoms. The average molecular weight is 2170 g/mol. The summed E-state index contributed by atoms with van der Waals surface area (Å²) in [5.74, 6) is 1.49. The van der Waals surface area contributed by atoms with Gasteiger partial charge < -0.3 is 69.7 Å². The summed E-state index contributed by atoms with van der Waals surface area (Å²) in [6.45, 7) is 20.7. The largest absolute Gasteiger partial charge is 0.409 e. The molecule has 5 aliphatic heterocycles. The highest BCUT2D eigenvalue weighted by atomic mass is 35.5. The number of oxime groups is 2. The van der Waals surface area contributed by atoms with E-state index >= 15 is 0 Å². The van der Waals surface area contributed by atoms with E-state index in [0.717, 1.165) is 178 Å². The summed E-state index contributed by atoms with van der Waals surface area (Å²) in [5.41, 5.74) is 20.1. The zero-order valence-corrected chi connectivity index (χ0v) is 91.1. The lowest BCUT2D eigenvalue weighted by atomic mass is 9.95. The number of carbonyl (C=O) groups is 3. The fourth-order valence-electron chi connectivity index (χ4n) is 20.1. The van der Waals surface area contributed by atoms with Crippen LogP contribution in [0.3, 0.4) is 0 Å². The molecule has 6 fully saturated rings. The number of carbonyl (C=O) groups excluding carboxylic acids is 3. The van der Waals surface area contributed by atoms with Gasteiger partial charge in [0.2, 0.25) is 0 Å². The van der Waals surface area contributed by atoms with Crippen molar-refractivity contribution in [2.24, 2.45) is 10.3 Å². The second-order valence-electron chi connectivity index (χ2n) is 38.2. The van der Waals surface area contributed by atoms with Crippen LogP contribution in [0.1, 0.15) is 139 Å². The molecule has 0 bridgehead atoms. The number of amidine groups is 2. The summed E-state index contributed by atoms with van der Waals surface area (Å²) in [6.07, 6.45) is 5.87. The first-order valence-electron chi connectivity index (χ1n) is 50.4. The lowest BCUT2D eigenvalue weighted by Crippen LogP contribution is -2.55. The molecule has 5 saturated heterocycles. The fourth-order valence-corrected chi connectivity index (χ4v) is 22.1. The molecule has 770 valence electrons. The Bertz CT molecular complexity index is 6840. The molecule has 1 saturated carbocycles. The number of rotatable bonds is 16. The maximum atomic E-state index is 13.0. The molecule has 28 heteroatoms. The predicted octanol–water partition coefficient (Wildman–Crippen LogP) is 30.1. The van der Waals surface area contributed by atoms with Crippen molar-refractivity contribution in [2.45, 2.75) is 103 Å². The van der Waals surface area contributed by atoms with E-state index < -0.39 is 0 Å². The van der Waals surface area contributed by atoms with Crippen molar-refractivity contribution in [1.82, 2.24) is 29.8 Å². The van der Waals surface area contributed by atoms with Gasteiger partial charge in [0.25, 0.3) is 5.91 Å². The molecular formula is C121H123Cl9N14O5. The van der Waals surface area contributed by atoms with Crippen molar-refractivity contribution >= 4 is 168 Å². The summed E-state index contributed by atoms with van der Waals surface area (Å²) in [4.78, 5) is 65.9. The van der Waals surface area contributed by atoms with E-state index in [9.17, 15) is 19.6 Å². The van der Waals surface area contributed by atoms with Crippen molar-refractivity contribution < 1.29 is 24.4 Å². The number of aryl methyl sites for hydroxylation is 5. The third-order valence-corrected chi connectivity index (χ3v) is 30.4. The van der Waals surface area contributed by atoms with Gasteiger partial charge in [-0.2, -0.15) is 0 Å². The lowest BCUT2D eigenvalue weighted by molar-refractivity contribution is 0.0721. The van der Waals surface area contributed by atoms with E-state index in [1.165, 1.54) is 36.1 Å². The zero-order chi connectivity index (χ0) is 105. The maximum absolute atomic E-state index is 13.0. The number of hydrogen-bond acceptors (Lipinski definition) is 12. The molecule has 3 N–H and O–H groups in total. The number of piperazine rings is 5. The van der Waals surface area contributed by atoms with Gasteiger partial charge in [0.05, 0.1) is 73.0 Å². The maximum Gasteiger partial charge on any atom is 0.321 e. The lowest BCUT2D eigenvalue weighted by Gasteiger charge is -2.44. The first-order chi connectivity index (χ1) is 72.3. The number of nitrogens with zero attached hydrogens (tertiary/aromatic N) is 12. The van der Waals surface area contributed by atoms with Gasteiger partial charge in [-0.3, -0.25) is 4.79 Å². The minimum Gasteiger partial charge on any atom is -0.409 e. The predicted molar refractivity (Wildman–Crippen MR) is 618 cm³/mol. The molecule has 0 radical (unpaired) electrons. The Kier molecular flexibility index (Phi) is 38.5. The molecule has 19 nitrogen and oxygen atoms in total. The Morgan fingerprint density at radius 1 is 0.302 bits per heavy atom. The molecule has 14 aromatic rings.